The Balaban J connectivity index is 2.36. The number of rotatable bonds is 8. The first-order chi connectivity index (χ1) is 17.1. The second kappa shape index (κ2) is 11.1. The standard InChI is InChI=1S/C27H31N3O6/c1-7-35-26(31)23-17(3)29(20-15-13-19(14-16-20)28(5)6)18(4)24(27(32)36-8-2)25(23)21-11-9-10-12-22(21)30(33)34/h9-16,25H,7-8H2,1-6H3. The fourth-order valence-electron chi connectivity index (χ4n) is 4.50. The number of nitro benzene ring substituents is 1. The van der Waals surface area contributed by atoms with Gasteiger partial charge in [-0.05, 0) is 52.0 Å². The number of para-hydroxylation sites is 1. The Bertz CT molecular complexity index is 1190. The highest BCUT2D eigenvalue weighted by Gasteiger charge is 2.43. The van der Waals surface area contributed by atoms with Crippen LogP contribution in [0.15, 0.2) is 71.1 Å². The lowest BCUT2D eigenvalue weighted by atomic mass is 9.79. The van der Waals surface area contributed by atoms with Gasteiger partial charge in [0.05, 0.1) is 35.2 Å². The first-order valence-electron chi connectivity index (χ1n) is 11.7. The number of ether oxygens (including phenoxy) is 2. The first-order valence-corrected chi connectivity index (χ1v) is 11.7. The molecule has 2 aromatic rings. The number of hydrogen-bond acceptors (Lipinski definition) is 8. The molecule has 0 spiro atoms. The van der Waals surface area contributed by atoms with Crippen LogP contribution in [0.3, 0.4) is 0 Å². The highest BCUT2D eigenvalue weighted by atomic mass is 16.6. The molecule has 2 aromatic carbocycles. The van der Waals surface area contributed by atoms with E-state index in [0.29, 0.717) is 11.4 Å². The van der Waals surface area contributed by atoms with Gasteiger partial charge in [-0.15, -0.1) is 0 Å². The molecule has 0 fully saturated rings. The molecule has 0 radical (unpaired) electrons. The lowest BCUT2D eigenvalue weighted by Crippen LogP contribution is -2.35. The van der Waals surface area contributed by atoms with E-state index in [1.165, 1.54) is 6.07 Å². The summed E-state index contributed by atoms with van der Waals surface area (Å²) in [5.74, 6) is -2.34. The van der Waals surface area contributed by atoms with Gasteiger partial charge in [-0.2, -0.15) is 0 Å². The van der Waals surface area contributed by atoms with Crippen LogP contribution in [0.4, 0.5) is 17.1 Å². The molecular formula is C27H31N3O6. The number of anilines is 2. The Morgan fingerprint density at radius 3 is 1.86 bits per heavy atom. The number of allylic oxidation sites excluding steroid dienone is 2. The zero-order valence-corrected chi connectivity index (χ0v) is 21.4. The third-order valence-electron chi connectivity index (χ3n) is 6.09. The second-order valence-corrected chi connectivity index (χ2v) is 8.43. The van der Waals surface area contributed by atoms with Crippen molar-refractivity contribution in [1.82, 2.24) is 0 Å². The quantitative estimate of drug-likeness (QED) is 0.290. The fourth-order valence-corrected chi connectivity index (χ4v) is 4.50. The van der Waals surface area contributed by atoms with Crippen LogP contribution in [0.1, 0.15) is 39.2 Å². The Morgan fingerprint density at radius 2 is 1.42 bits per heavy atom. The first kappa shape index (κ1) is 26.5. The lowest BCUT2D eigenvalue weighted by molar-refractivity contribution is -0.385. The van der Waals surface area contributed by atoms with Crippen LogP contribution in [0.2, 0.25) is 0 Å². The van der Waals surface area contributed by atoms with Crippen molar-refractivity contribution >= 4 is 29.0 Å². The zero-order valence-electron chi connectivity index (χ0n) is 21.4. The predicted molar refractivity (Wildman–Crippen MR) is 138 cm³/mol. The molecule has 9 nitrogen and oxygen atoms in total. The van der Waals surface area contributed by atoms with Crippen LogP contribution in [0, 0.1) is 10.1 Å². The topological polar surface area (TPSA) is 102 Å². The van der Waals surface area contributed by atoms with E-state index in [0.717, 1.165) is 11.4 Å². The van der Waals surface area contributed by atoms with Gasteiger partial charge in [-0.3, -0.25) is 10.1 Å². The molecule has 0 saturated carbocycles. The summed E-state index contributed by atoms with van der Waals surface area (Å²) in [7, 11) is 3.86. The van der Waals surface area contributed by atoms with E-state index >= 15 is 0 Å². The smallest absolute Gasteiger partial charge is 0.336 e. The summed E-state index contributed by atoms with van der Waals surface area (Å²) < 4.78 is 10.8. The van der Waals surface area contributed by atoms with E-state index in [9.17, 15) is 19.7 Å². The average Bonchev–Trinajstić information content (AvgIpc) is 2.84. The minimum absolute atomic E-state index is 0.105. The zero-order chi connectivity index (χ0) is 26.6. The number of benzene rings is 2. The van der Waals surface area contributed by atoms with E-state index in [1.807, 2.05) is 43.3 Å². The van der Waals surface area contributed by atoms with Crippen molar-refractivity contribution in [1.29, 1.82) is 0 Å². The van der Waals surface area contributed by atoms with Gasteiger partial charge in [-0.1, -0.05) is 18.2 Å². The van der Waals surface area contributed by atoms with Gasteiger partial charge in [0.25, 0.3) is 5.69 Å². The molecule has 1 aliphatic heterocycles. The number of hydrogen-bond donors (Lipinski definition) is 0. The summed E-state index contributed by atoms with van der Waals surface area (Å²) in [6, 6.07) is 13.7. The number of esters is 2. The van der Waals surface area contributed by atoms with Crippen LogP contribution in [-0.2, 0) is 19.1 Å². The van der Waals surface area contributed by atoms with Crippen molar-refractivity contribution in [3.63, 3.8) is 0 Å². The number of nitro groups is 1. The molecule has 0 aliphatic carbocycles. The van der Waals surface area contributed by atoms with Crippen molar-refractivity contribution in [2.45, 2.75) is 33.6 Å². The summed E-state index contributed by atoms with van der Waals surface area (Å²) in [4.78, 5) is 41.9. The molecule has 3 rings (SSSR count). The van der Waals surface area contributed by atoms with Gasteiger partial charge in [0.2, 0.25) is 0 Å². The molecular weight excluding hydrogens is 462 g/mol. The van der Waals surface area contributed by atoms with Crippen molar-refractivity contribution in [2.24, 2.45) is 0 Å². The van der Waals surface area contributed by atoms with Gasteiger partial charge in [-0.25, -0.2) is 9.59 Å². The highest BCUT2D eigenvalue weighted by Crippen LogP contribution is 2.46. The SMILES string of the molecule is CCOC(=O)C1=C(C)N(c2ccc(N(C)C)cc2)C(C)=C(C(=O)OCC)C1c1ccccc1[N+](=O)[O-]. The van der Waals surface area contributed by atoms with Gasteiger partial charge in [0, 0.05) is 48.5 Å². The molecule has 0 aromatic heterocycles. The summed E-state index contributed by atoms with van der Waals surface area (Å²) in [5, 5.41) is 11.9. The summed E-state index contributed by atoms with van der Waals surface area (Å²) in [6.07, 6.45) is 0. The van der Waals surface area contributed by atoms with Gasteiger partial charge >= 0.3 is 11.9 Å². The Labute approximate surface area is 210 Å². The Kier molecular flexibility index (Phi) is 8.14. The minimum atomic E-state index is -1.04. The van der Waals surface area contributed by atoms with Crippen LogP contribution >= 0.6 is 0 Å². The molecule has 0 unspecified atom stereocenters. The summed E-state index contributed by atoms with van der Waals surface area (Å²) in [5.41, 5.74) is 3.05. The normalized spacial score (nSPS) is 14.1. The third-order valence-corrected chi connectivity index (χ3v) is 6.09. The average molecular weight is 494 g/mol. The molecule has 0 atom stereocenters. The van der Waals surface area contributed by atoms with Crippen LogP contribution in [0.5, 0.6) is 0 Å². The molecule has 0 N–H and O–H groups in total. The molecule has 0 amide bonds. The predicted octanol–water partition coefficient (Wildman–Crippen LogP) is 4.94. The maximum absolute atomic E-state index is 13.4. The van der Waals surface area contributed by atoms with Gasteiger partial charge in [0.15, 0.2) is 0 Å². The molecule has 36 heavy (non-hydrogen) atoms. The maximum Gasteiger partial charge on any atom is 0.336 e. The number of nitrogens with zero attached hydrogens (tertiary/aromatic N) is 3. The van der Waals surface area contributed by atoms with E-state index in [1.54, 1.807) is 50.8 Å². The van der Waals surface area contributed by atoms with E-state index in [2.05, 4.69) is 0 Å². The molecule has 190 valence electrons. The molecule has 1 heterocycles. The Hall–Kier alpha value is -4.14. The second-order valence-electron chi connectivity index (χ2n) is 8.43. The maximum atomic E-state index is 13.4. The molecule has 9 heteroatoms. The molecule has 1 aliphatic rings. The van der Waals surface area contributed by atoms with Crippen LogP contribution < -0.4 is 9.80 Å². The fraction of sp³-hybridized carbons (Fsp3) is 0.333. The minimum Gasteiger partial charge on any atom is -0.463 e. The number of carbonyl (C=O) groups is 2. The largest absolute Gasteiger partial charge is 0.463 e. The van der Waals surface area contributed by atoms with Gasteiger partial charge < -0.3 is 19.3 Å². The monoisotopic (exact) mass is 493 g/mol. The van der Waals surface area contributed by atoms with Crippen LogP contribution in [0.25, 0.3) is 0 Å². The van der Waals surface area contributed by atoms with E-state index < -0.39 is 22.8 Å². The van der Waals surface area contributed by atoms with Crippen molar-refractivity contribution in [2.75, 3.05) is 37.1 Å². The van der Waals surface area contributed by atoms with Crippen molar-refractivity contribution in [3.8, 4) is 0 Å². The Morgan fingerprint density at radius 1 is 0.917 bits per heavy atom. The van der Waals surface area contributed by atoms with Crippen molar-refractivity contribution in [3.05, 3.63) is 86.7 Å². The summed E-state index contributed by atoms with van der Waals surface area (Å²) >= 11 is 0. The lowest BCUT2D eigenvalue weighted by Gasteiger charge is -2.37. The van der Waals surface area contributed by atoms with E-state index in [-0.39, 0.29) is 35.6 Å². The summed E-state index contributed by atoms with van der Waals surface area (Å²) in [6.45, 7) is 7.07. The van der Waals surface area contributed by atoms with E-state index in [4.69, 9.17) is 9.47 Å². The highest BCUT2D eigenvalue weighted by molar-refractivity contribution is 6.02. The number of carbonyl (C=O) groups excluding carboxylic acids is 2. The third kappa shape index (κ3) is 4.95. The van der Waals surface area contributed by atoms with Crippen LogP contribution in [-0.4, -0.2) is 44.2 Å². The van der Waals surface area contributed by atoms with Crippen molar-refractivity contribution < 1.29 is 24.0 Å². The molecule has 0 saturated heterocycles. The van der Waals surface area contributed by atoms with Gasteiger partial charge in [0.1, 0.15) is 0 Å². The molecule has 0 bridgehead atoms.